The van der Waals surface area contributed by atoms with Crippen LogP contribution in [0.4, 0.5) is 0 Å². The Balaban J connectivity index is 1.56. The zero-order valence-corrected chi connectivity index (χ0v) is 13.7. The molecule has 0 atom stereocenters. The molecule has 24 heavy (non-hydrogen) atoms. The van der Waals surface area contributed by atoms with E-state index in [2.05, 4.69) is 10.5 Å². The number of nitrogens with zero attached hydrogens (tertiary/aromatic N) is 2. The van der Waals surface area contributed by atoms with Gasteiger partial charge in [-0.3, -0.25) is 4.79 Å². The van der Waals surface area contributed by atoms with E-state index in [1.165, 1.54) is 0 Å². The first-order valence-electron chi connectivity index (χ1n) is 7.63. The number of hydrogen-bond acceptors (Lipinski definition) is 4. The number of ether oxygens (including phenoxy) is 2. The van der Waals surface area contributed by atoms with E-state index in [9.17, 15) is 4.79 Å². The van der Waals surface area contributed by atoms with E-state index in [4.69, 9.17) is 9.47 Å². The molecule has 0 radical (unpaired) electrons. The number of allylic oxidation sites excluding steroid dienone is 1. The number of aromatic nitrogens is 1. The summed E-state index contributed by atoms with van der Waals surface area (Å²) in [7, 11) is 1.91. The van der Waals surface area contributed by atoms with Gasteiger partial charge in [-0.05, 0) is 42.8 Å². The van der Waals surface area contributed by atoms with Crippen LogP contribution in [0, 0.1) is 0 Å². The Bertz CT molecular complexity index is 806. The fraction of sp³-hybridized carbons (Fsp3) is 0.222. The lowest BCUT2D eigenvalue weighted by Gasteiger charge is -2.02. The summed E-state index contributed by atoms with van der Waals surface area (Å²) >= 11 is 0. The molecule has 1 aromatic heterocycles. The van der Waals surface area contributed by atoms with Crippen LogP contribution in [0.25, 0.3) is 6.08 Å². The Morgan fingerprint density at radius 2 is 2.17 bits per heavy atom. The van der Waals surface area contributed by atoms with Crippen molar-refractivity contribution in [1.29, 1.82) is 0 Å². The molecule has 0 saturated heterocycles. The summed E-state index contributed by atoms with van der Waals surface area (Å²) in [4.78, 5) is 11.9. The maximum Gasteiger partial charge on any atom is 0.246 e. The molecular weight excluding hydrogens is 306 g/mol. The van der Waals surface area contributed by atoms with Gasteiger partial charge in [-0.15, -0.1) is 0 Å². The van der Waals surface area contributed by atoms with Gasteiger partial charge in [0, 0.05) is 18.9 Å². The van der Waals surface area contributed by atoms with Crippen LogP contribution in [-0.2, 0) is 18.3 Å². The quantitative estimate of drug-likeness (QED) is 0.678. The largest absolute Gasteiger partial charge is 0.454 e. The van der Waals surface area contributed by atoms with E-state index >= 15 is 0 Å². The highest BCUT2D eigenvalue weighted by Crippen LogP contribution is 2.32. The summed E-state index contributed by atoms with van der Waals surface area (Å²) < 4.78 is 12.5. The third kappa shape index (κ3) is 3.84. The summed E-state index contributed by atoms with van der Waals surface area (Å²) in [6, 6.07) is 9.53. The lowest BCUT2D eigenvalue weighted by Crippen LogP contribution is -2.21. The number of hydrazone groups is 1. The molecular formula is C18H19N3O3. The van der Waals surface area contributed by atoms with Crippen molar-refractivity contribution in [2.75, 3.05) is 6.79 Å². The SMILES string of the molecule is CC(/C=C/c1ccc2c(c1)OCO2)=N\NC(=O)Cc1cccn1C. The maximum atomic E-state index is 11.9. The van der Waals surface area contributed by atoms with Crippen molar-refractivity contribution in [3.05, 3.63) is 53.9 Å². The first kappa shape index (κ1) is 15.9. The van der Waals surface area contributed by atoms with Crippen LogP contribution in [0.5, 0.6) is 11.5 Å². The molecule has 0 bridgehead atoms. The van der Waals surface area contributed by atoms with Gasteiger partial charge in [0.2, 0.25) is 12.7 Å². The zero-order valence-electron chi connectivity index (χ0n) is 13.7. The van der Waals surface area contributed by atoms with Gasteiger partial charge in [-0.2, -0.15) is 5.10 Å². The predicted octanol–water partition coefficient (Wildman–Crippen LogP) is 2.50. The first-order chi connectivity index (χ1) is 11.6. The van der Waals surface area contributed by atoms with E-state index < -0.39 is 0 Å². The highest BCUT2D eigenvalue weighted by Gasteiger charge is 2.12. The molecule has 1 N–H and O–H groups in total. The fourth-order valence-corrected chi connectivity index (χ4v) is 2.31. The summed E-state index contributed by atoms with van der Waals surface area (Å²) in [6.45, 7) is 2.09. The van der Waals surface area contributed by atoms with Gasteiger partial charge < -0.3 is 14.0 Å². The van der Waals surface area contributed by atoms with Crippen molar-refractivity contribution >= 4 is 17.7 Å². The van der Waals surface area contributed by atoms with Crippen molar-refractivity contribution in [2.24, 2.45) is 12.1 Å². The highest BCUT2D eigenvalue weighted by atomic mass is 16.7. The third-order valence-electron chi connectivity index (χ3n) is 3.66. The summed E-state index contributed by atoms with van der Waals surface area (Å²) in [5.41, 5.74) is 5.18. The molecule has 1 aromatic carbocycles. The van der Waals surface area contributed by atoms with Crippen LogP contribution in [0.1, 0.15) is 18.2 Å². The van der Waals surface area contributed by atoms with Gasteiger partial charge in [-0.25, -0.2) is 5.43 Å². The molecule has 0 spiro atoms. The molecule has 6 heteroatoms. The fourth-order valence-electron chi connectivity index (χ4n) is 2.31. The lowest BCUT2D eigenvalue weighted by molar-refractivity contribution is -0.120. The van der Waals surface area contributed by atoms with E-state index in [1.807, 2.05) is 67.2 Å². The number of hydrogen-bond donors (Lipinski definition) is 1. The smallest absolute Gasteiger partial charge is 0.246 e. The minimum atomic E-state index is -0.146. The van der Waals surface area contributed by atoms with Crippen molar-refractivity contribution in [3.8, 4) is 11.5 Å². The molecule has 2 aromatic rings. The third-order valence-corrected chi connectivity index (χ3v) is 3.66. The molecule has 0 unspecified atom stereocenters. The maximum absolute atomic E-state index is 11.9. The van der Waals surface area contributed by atoms with Gasteiger partial charge in [-0.1, -0.05) is 12.1 Å². The van der Waals surface area contributed by atoms with Gasteiger partial charge in [0.15, 0.2) is 11.5 Å². The average Bonchev–Trinajstić information content (AvgIpc) is 3.19. The Morgan fingerprint density at radius 1 is 1.33 bits per heavy atom. The van der Waals surface area contributed by atoms with Crippen LogP contribution in [-0.4, -0.2) is 23.0 Å². The number of rotatable bonds is 5. The molecule has 1 amide bonds. The van der Waals surface area contributed by atoms with Crippen molar-refractivity contribution in [3.63, 3.8) is 0 Å². The van der Waals surface area contributed by atoms with Crippen molar-refractivity contribution in [2.45, 2.75) is 13.3 Å². The summed E-state index contributed by atoms with van der Waals surface area (Å²) in [5.74, 6) is 1.35. The van der Waals surface area contributed by atoms with Crippen LogP contribution in [0.2, 0.25) is 0 Å². The second-order valence-corrected chi connectivity index (χ2v) is 5.52. The molecule has 0 aliphatic carbocycles. The molecule has 2 heterocycles. The normalized spacial score (nSPS) is 13.5. The first-order valence-corrected chi connectivity index (χ1v) is 7.63. The molecule has 3 rings (SSSR count). The van der Waals surface area contributed by atoms with E-state index in [0.717, 1.165) is 22.8 Å². The predicted molar refractivity (Wildman–Crippen MR) is 92.0 cm³/mol. The summed E-state index contributed by atoms with van der Waals surface area (Å²) in [5, 5.41) is 4.09. The van der Waals surface area contributed by atoms with Gasteiger partial charge in [0.25, 0.3) is 0 Å². The lowest BCUT2D eigenvalue weighted by atomic mass is 10.2. The van der Waals surface area contributed by atoms with Gasteiger partial charge in [0.1, 0.15) is 0 Å². The second kappa shape index (κ2) is 7.04. The number of nitrogens with one attached hydrogen (secondary N) is 1. The average molecular weight is 325 g/mol. The van der Waals surface area contributed by atoms with Gasteiger partial charge in [0.05, 0.1) is 12.1 Å². The Labute approximate surface area is 140 Å². The van der Waals surface area contributed by atoms with Gasteiger partial charge >= 0.3 is 0 Å². The zero-order chi connectivity index (χ0) is 16.9. The Hall–Kier alpha value is -3.02. The molecule has 0 fully saturated rings. The number of carbonyl (C=O) groups is 1. The molecule has 1 aliphatic heterocycles. The molecule has 6 nitrogen and oxygen atoms in total. The number of carbonyl (C=O) groups excluding carboxylic acids is 1. The Kier molecular flexibility index (Phi) is 4.65. The minimum Gasteiger partial charge on any atom is -0.454 e. The number of benzene rings is 1. The molecule has 124 valence electrons. The van der Waals surface area contributed by atoms with Crippen LogP contribution in [0.15, 0.2) is 47.7 Å². The van der Waals surface area contributed by atoms with Crippen LogP contribution < -0.4 is 14.9 Å². The number of fused-ring (bicyclic) bond motifs is 1. The Morgan fingerprint density at radius 3 is 2.96 bits per heavy atom. The van der Waals surface area contributed by atoms with E-state index in [1.54, 1.807) is 0 Å². The standard InChI is InChI=1S/C18H19N3O3/c1-13(19-20-18(22)11-15-4-3-9-21(15)2)5-6-14-7-8-16-17(10-14)24-12-23-16/h3-10H,11-12H2,1-2H3,(H,20,22)/b6-5+,19-13+. The van der Waals surface area contributed by atoms with E-state index in [-0.39, 0.29) is 12.7 Å². The summed E-state index contributed by atoms with van der Waals surface area (Å²) in [6.07, 6.45) is 5.95. The minimum absolute atomic E-state index is 0.146. The highest BCUT2D eigenvalue weighted by molar-refractivity contribution is 5.97. The molecule has 1 aliphatic rings. The van der Waals surface area contributed by atoms with Crippen molar-refractivity contribution < 1.29 is 14.3 Å². The van der Waals surface area contributed by atoms with E-state index in [0.29, 0.717) is 12.1 Å². The second-order valence-electron chi connectivity index (χ2n) is 5.52. The topological polar surface area (TPSA) is 64.8 Å². The monoisotopic (exact) mass is 325 g/mol. The van der Waals surface area contributed by atoms with Crippen molar-refractivity contribution in [1.82, 2.24) is 9.99 Å². The van der Waals surface area contributed by atoms with Crippen LogP contribution >= 0.6 is 0 Å². The number of aryl methyl sites for hydroxylation is 1. The molecule has 0 saturated carbocycles. The van der Waals surface area contributed by atoms with Crippen LogP contribution in [0.3, 0.4) is 0 Å². The number of amides is 1.